The summed E-state index contributed by atoms with van der Waals surface area (Å²) in [5, 5.41) is 1.04. The molecule has 0 bridgehead atoms. The average molecular weight is 175 g/mol. The maximum absolute atomic E-state index is 10.6. The van der Waals surface area contributed by atoms with Gasteiger partial charge in [-0.1, -0.05) is 5.19 Å². The SMILES string of the molecule is Cc1cc(C=O)c(C)c([Si])c1C. The third kappa shape index (κ3) is 1.34. The van der Waals surface area contributed by atoms with Crippen molar-refractivity contribution >= 4 is 21.7 Å². The maximum Gasteiger partial charge on any atom is 0.150 e. The Kier molecular flexibility index (Phi) is 2.48. The molecule has 1 aromatic carbocycles. The minimum absolute atomic E-state index is 0.767. The lowest BCUT2D eigenvalue weighted by Gasteiger charge is -2.09. The molecule has 0 saturated carbocycles. The molecule has 0 atom stereocenters. The molecule has 0 amide bonds. The Bertz CT molecular complexity index is 329. The minimum Gasteiger partial charge on any atom is -0.298 e. The Morgan fingerprint density at radius 3 is 2.33 bits per heavy atom. The molecule has 0 saturated heterocycles. The van der Waals surface area contributed by atoms with Crippen molar-refractivity contribution < 1.29 is 4.79 Å². The van der Waals surface area contributed by atoms with E-state index in [1.165, 1.54) is 5.56 Å². The molecule has 12 heavy (non-hydrogen) atoms. The van der Waals surface area contributed by atoms with Gasteiger partial charge in [0, 0.05) is 5.56 Å². The average Bonchev–Trinajstić information content (AvgIpc) is 2.08. The number of carbonyl (C=O) groups excluding carboxylic acids is 1. The van der Waals surface area contributed by atoms with Crippen LogP contribution in [-0.4, -0.2) is 16.5 Å². The third-order valence-corrected chi connectivity index (χ3v) is 3.02. The summed E-state index contributed by atoms with van der Waals surface area (Å²) in [5.74, 6) is 0. The number of aldehydes is 1. The lowest BCUT2D eigenvalue weighted by molar-refractivity contribution is 0.112. The van der Waals surface area contributed by atoms with E-state index in [9.17, 15) is 4.79 Å². The topological polar surface area (TPSA) is 17.1 Å². The van der Waals surface area contributed by atoms with Crippen LogP contribution in [0.2, 0.25) is 0 Å². The molecule has 0 spiro atoms. The zero-order valence-electron chi connectivity index (χ0n) is 7.56. The molecule has 1 rings (SSSR count). The monoisotopic (exact) mass is 175 g/mol. The second-order valence-corrected chi connectivity index (χ2v) is 3.53. The van der Waals surface area contributed by atoms with Crippen molar-refractivity contribution in [3.63, 3.8) is 0 Å². The quantitative estimate of drug-likeness (QED) is 0.463. The lowest BCUT2D eigenvalue weighted by atomic mass is 10.0. The predicted molar refractivity (Wildman–Crippen MR) is 51.4 cm³/mol. The highest BCUT2D eigenvalue weighted by molar-refractivity contribution is 6.34. The molecule has 0 N–H and O–H groups in total. The van der Waals surface area contributed by atoms with Crippen molar-refractivity contribution in [1.82, 2.24) is 0 Å². The molecule has 1 nitrogen and oxygen atoms in total. The van der Waals surface area contributed by atoms with E-state index in [4.69, 9.17) is 0 Å². The first-order valence-corrected chi connectivity index (χ1v) is 4.35. The van der Waals surface area contributed by atoms with Crippen molar-refractivity contribution in [2.75, 3.05) is 0 Å². The molecule has 0 aliphatic carbocycles. The molecule has 0 aromatic heterocycles. The lowest BCUT2D eigenvalue weighted by Crippen LogP contribution is -2.15. The Balaban J connectivity index is 3.49. The van der Waals surface area contributed by atoms with Crippen LogP contribution in [0.1, 0.15) is 27.0 Å². The maximum atomic E-state index is 10.6. The number of hydrogen-bond acceptors (Lipinski definition) is 1. The Morgan fingerprint density at radius 1 is 1.25 bits per heavy atom. The highest BCUT2D eigenvalue weighted by Crippen LogP contribution is 2.10. The molecular weight excluding hydrogens is 164 g/mol. The smallest absolute Gasteiger partial charge is 0.150 e. The van der Waals surface area contributed by atoms with Crippen molar-refractivity contribution in [2.45, 2.75) is 20.8 Å². The van der Waals surface area contributed by atoms with Gasteiger partial charge >= 0.3 is 0 Å². The Labute approximate surface area is 76.2 Å². The number of rotatable bonds is 1. The highest BCUT2D eigenvalue weighted by atomic mass is 28.1. The summed E-state index contributed by atoms with van der Waals surface area (Å²) in [6.07, 6.45) is 0.894. The first-order chi connectivity index (χ1) is 5.57. The van der Waals surface area contributed by atoms with Gasteiger partial charge in [-0.05, 0) is 43.5 Å². The van der Waals surface area contributed by atoms with Crippen molar-refractivity contribution in [2.24, 2.45) is 0 Å². The first kappa shape index (κ1) is 9.20. The third-order valence-electron chi connectivity index (χ3n) is 2.27. The molecule has 0 aliphatic rings. The van der Waals surface area contributed by atoms with Gasteiger partial charge in [0.1, 0.15) is 6.29 Å². The number of carbonyl (C=O) groups is 1. The van der Waals surface area contributed by atoms with Gasteiger partial charge in [-0.3, -0.25) is 4.79 Å². The largest absolute Gasteiger partial charge is 0.298 e. The van der Waals surface area contributed by atoms with Gasteiger partial charge in [0.15, 0.2) is 0 Å². The standard InChI is InChI=1S/C10H11OSi/c1-6-4-9(5-11)8(3)10(12)7(6)2/h4-5H,1-3H3. The van der Waals surface area contributed by atoms with E-state index in [0.29, 0.717) is 0 Å². The van der Waals surface area contributed by atoms with Crippen LogP contribution >= 0.6 is 0 Å². The molecule has 2 heteroatoms. The van der Waals surface area contributed by atoms with E-state index in [1.807, 2.05) is 26.8 Å². The predicted octanol–water partition coefficient (Wildman–Crippen LogP) is 1.22. The van der Waals surface area contributed by atoms with Gasteiger partial charge in [0.25, 0.3) is 0 Å². The second kappa shape index (κ2) is 3.23. The van der Waals surface area contributed by atoms with Crippen molar-refractivity contribution in [3.8, 4) is 0 Å². The summed E-state index contributed by atoms with van der Waals surface area (Å²) in [4.78, 5) is 10.6. The van der Waals surface area contributed by atoms with E-state index in [1.54, 1.807) is 0 Å². The fraction of sp³-hybridized carbons (Fsp3) is 0.300. The van der Waals surface area contributed by atoms with Gasteiger partial charge < -0.3 is 0 Å². The molecule has 61 valence electrons. The molecule has 3 radical (unpaired) electrons. The van der Waals surface area contributed by atoms with Crippen LogP contribution in [-0.2, 0) is 0 Å². The summed E-state index contributed by atoms with van der Waals surface area (Å²) in [6.45, 7) is 5.99. The summed E-state index contributed by atoms with van der Waals surface area (Å²) in [6, 6.07) is 1.92. The highest BCUT2D eigenvalue weighted by Gasteiger charge is 2.05. The van der Waals surface area contributed by atoms with E-state index in [2.05, 4.69) is 10.2 Å². The molecular formula is C10H11OSi. The molecule has 0 heterocycles. The van der Waals surface area contributed by atoms with Gasteiger partial charge in [0.2, 0.25) is 0 Å². The molecule has 0 fully saturated rings. The first-order valence-electron chi connectivity index (χ1n) is 3.85. The normalized spacial score (nSPS) is 10.0. The fourth-order valence-corrected chi connectivity index (χ4v) is 1.54. The van der Waals surface area contributed by atoms with Gasteiger partial charge in [0.05, 0.1) is 10.2 Å². The van der Waals surface area contributed by atoms with E-state index >= 15 is 0 Å². The Morgan fingerprint density at radius 2 is 1.83 bits per heavy atom. The number of hydrogen-bond donors (Lipinski definition) is 0. The van der Waals surface area contributed by atoms with E-state index in [-0.39, 0.29) is 0 Å². The van der Waals surface area contributed by atoms with Crippen LogP contribution in [0.4, 0.5) is 0 Å². The zero-order chi connectivity index (χ0) is 9.30. The summed E-state index contributed by atoms with van der Waals surface area (Å²) >= 11 is 0. The van der Waals surface area contributed by atoms with Crippen LogP contribution in [0.5, 0.6) is 0 Å². The van der Waals surface area contributed by atoms with Crippen LogP contribution in [0.3, 0.4) is 0 Å². The van der Waals surface area contributed by atoms with Gasteiger partial charge in [-0.2, -0.15) is 0 Å². The Hall–Kier alpha value is -0.893. The second-order valence-electron chi connectivity index (χ2n) is 3.03. The van der Waals surface area contributed by atoms with E-state index in [0.717, 1.165) is 28.2 Å². The fourth-order valence-electron chi connectivity index (χ4n) is 1.19. The van der Waals surface area contributed by atoms with Crippen molar-refractivity contribution in [3.05, 3.63) is 28.3 Å². The summed E-state index contributed by atoms with van der Waals surface area (Å²) < 4.78 is 0. The molecule has 0 unspecified atom stereocenters. The van der Waals surface area contributed by atoms with Gasteiger partial charge in [-0.25, -0.2) is 0 Å². The summed E-state index contributed by atoms with van der Waals surface area (Å²) in [5.41, 5.74) is 4.13. The number of benzene rings is 1. The molecule has 0 aliphatic heterocycles. The summed E-state index contributed by atoms with van der Waals surface area (Å²) in [7, 11) is 3.51. The molecule has 1 aromatic rings. The minimum atomic E-state index is 0.767. The zero-order valence-corrected chi connectivity index (χ0v) is 8.56. The van der Waals surface area contributed by atoms with Crippen molar-refractivity contribution in [1.29, 1.82) is 0 Å². The van der Waals surface area contributed by atoms with E-state index < -0.39 is 0 Å². The number of aryl methyl sites for hydroxylation is 1. The van der Waals surface area contributed by atoms with Crippen LogP contribution < -0.4 is 5.19 Å². The van der Waals surface area contributed by atoms with Crippen LogP contribution in [0, 0.1) is 20.8 Å². The van der Waals surface area contributed by atoms with Gasteiger partial charge in [-0.15, -0.1) is 0 Å². The van der Waals surface area contributed by atoms with Crippen LogP contribution in [0.15, 0.2) is 6.07 Å². The van der Waals surface area contributed by atoms with Crippen LogP contribution in [0.25, 0.3) is 0 Å².